The fourth-order valence-corrected chi connectivity index (χ4v) is 4.81. The van der Waals surface area contributed by atoms with Crippen LogP contribution in [0.5, 0.6) is 0 Å². The zero-order chi connectivity index (χ0) is 23.5. The van der Waals surface area contributed by atoms with E-state index >= 15 is 0 Å². The van der Waals surface area contributed by atoms with Crippen molar-refractivity contribution in [2.75, 3.05) is 5.75 Å². The highest BCUT2D eigenvalue weighted by Crippen LogP contribution is 2.34. The molecule has 4 aromatic rings. The van der Waals surface area contributed by atoms with E-state index in [9.17, 15) is 4.79 Å². The highest BCUT2D eigenvalue weighted by molar-refractivity contribution is 7.99. The van der Waals surface area contributed by atoms with Gasteiger partial charge in [0.25, 0.3) is 5.91 Å². The summed E-state index contributed by atoms with van der Waals surface area (Å²) < 4.78 is 7.65. The molecule has 1 amide bonds. The molecule has 0 saturated heterocycles. The smallest absolute Gasteiger partial charge is 0.253 e. The lowest BCUT2D eigenvalue weighted by atomic mass is 10.0. The molecule has 0 fully saturated rings. The van der Waals surface area contributed by atoms with Crippen molar-refractivity contribution in [3.05, 3.63) is 84.1 Å². The Bertz CT molecular complexity index is 1300. The molecule has 0 spiro atoms. The zero-order valence-corrected chi connectivity index (χ0v) is 19.8. The molecule has 9 heteroatoms. The largest absolute Gasteiger partial charge is 0.467 e. The first-order valence-corrected chi connectivity index (χ1v) is 12.1. The SMILES string of the molecule is CCn1c(SCC(=O)N2N=C(c3ccc(C)cc3)C[C@H]2c2ccco2)nnc1-c1ccncc1. The Kier molecular flexibility index (Phi) is 6.27. The lowest BCUT2D eigenvalue weighted by Crippen LogP contribution is -2.28. The maximum Gasteiger partial charge on any atom is 0.253 e. The van der Waals surface area contributed by atoms with Crippen molar-refractivity contribution in [3.8, 4) is 11.4 Å². The summed E-state index contributed by atoms with van der Waals surface area (Å²) in [6.45, 7) is 4.77. The molecule has 3 aromatic heterocycles. The van der Waals surface area contributed by atoms with Crippen LogP contribution in [0.2, 0.25) is 0 Å². The number of carbonyl (C=O) groups is 1. The van der Waals surface area contributed by atoms with E-state index < -0.39 is 0 Å². The number of benzene rings is 1. The van der Waals surface area contributed by atoms with Crippen LogP contribution in [0.3, 0.4) is 0 Å². The first kappa shape index (κ1) is 22.1. The molecular weight excluding hydrogens is 448 g/mol. The molecule has 0 unspecified atom stereocenters. The van der Waals surface area contributed by atoms with Gasteiger partial charge in [-0.3, -0.25) is 9.78 Å². The molecule has 34 heavy (non-hydrogen) atoms. The summed E-state index contributed by atoms with van der Waals surface area (Å²) in [6.07, 6.45) is 5.68. The first-order chi connectivity index (χ1) is 16.6. The minimum Gasteiger partial charge on any atom is -0.467 e. The summed E-state index contributed by atoms with van der Waals surface area (Å²) in [4.78, 5) is 17.4. The molecule has 172 valence electrons. The van der Waals surface area contributed by atoms with E-state index in [0.29, 0.717) is 18.1 Å². The Hall–Kier alpha value is -3.72. The number of thioether (sulfide) groups is 1. The molecule has 0 saturated carbocycles. The van der Waals surface area contributed by atoms with Crippen molar-refractivity contribution in [2.45, 2.75) is 38.0 Å². The van der Waals surface area contributed by atoms with Gasteiger partial charge in [0.15, 0.2) is 11.0 Å². The van der Waals surface area contributed by atoms with Crippen LogP contribution in [0.15, 0.2) is 81.9 Å². The van der Waals surface area contributed by atoms with E-state index in [-0.39, 0.29) is 17.7 Å². The van der Waals surface area contributed by atoms with Gasteiger partial charge in [-0.15, -0.1) is 10.2 Å². The van der Waals surface area contributed by atoms with Crippen LogP contribution >= 0.6 is 11.8 Å². The number of aromatic nitrogens is 4. The third kappa shape index (κ3) is 4.38. The summed E-state index contributed by atoms with van der Waals surface area (Å²) in [5, 5.41) is 15.6. The molecule has 0 radical (unpaired) electrons. The monoisotopic (exact) mass is 472 g/mol. The van der Waals surface area contributed by atoms with Gasteiger partial charge in [-0.05, 0) is 43.7 Å². The number of hydrogen-bond acceptors (Lipinski definition) is 7. The van der Waals surface area contributed by atoms with Crippen molar-refractivity contribution in [1.29, 1.82) is 0 Å². The van der Waals surface area contributed by atoms with Crippen LogP contribution < -0.4 is 0 Å². The fraction of sp³-hybridized carbons (Fsp3) is 0.240. The van der Waals surface area contributed by atoms with Gasteiger partial charge in [-0.1, -0.05) is 41.6 Å². The van der Waals surface area contributed by atoms with Crippen molar-refractivity contribution in [3.63, 3.8) is 0 Å². The standard InChI is InChI=1S/C25H24N6O2S/c1-3-30-24(19-10-12-26-13-11-19)27-28-25(30)34-16-23(32)31-21(22-5-4-14-33-22)15-20(29-31)18-8-6-17(2)7-9-18/h4-14,21H,3,15-16H2,1-2H3/t21-/m0/s1. The van der Waals surface area contributed by atoms with Gasteiger partial charge in [0.05, 0.1) is 17.7 Å². The van der Waals surface area contributed by atoms with Crippen molar-refractivity contribution >= 4 is 23.4 Å². The van der Waals surface area contributed by atoms with E-state index in [1.165, 1.54) is 17.3 Å². The minimum atomic E-state index is -0.268. The second-order valence-corrected chi connectivity index (χ2v) is 8.90. The lowest BCUT2D eigenvalue weighted by Gasteiger charge is -2.19. The molecule has 1 aliphatic rings. The second kappa shape index (κ2) is 9.64. The molecule has 0 aliphatic carbocycles. The topological polar surface area (TPSA) is 89.4 Å². The Balaban J connectivity index is 1.36. The summed E-state index contributed by atoms with van der Waals surface area (Å²) in [7, 11) is 0. The van der Waals surface area contributed by atoms with Crippen molar-refractivity contribution in [2.24, 2.45) is 5.10 Å². The number of furan rings is 1. The third-order valence-corrected chi connectivity index (χ3v) is 6.67. The predicted molar refractivity (Wildman–Crippen MR) is 130 cm³/mol. The van der Waals surface area contributed by atoms with Gasteiger partial charge < -0.3 is 8.98 Å². The van der Waals surface area contributed by atoms with E-state index in [1.807, 2.05) is 54.8 Å². The molecule has 8 nitrogen and oxygen atoms in total. The maximum absolute atomic E-state index is 13.3. The summed E-state index contributed by atoms with van der Waals surface area (Å²) in [5.41, 5.74) is 4.00. The summed E-state index contributed by atoms with van der Waals surface area (Å²) in [6, 6.07) is 15.4. The van der Waals surface area contributed by atoms with Crippen LogP contribution in [0, 0.1) is 6.92 Å². The third-order valence-electron chi connectivity index (χ3n) is 5.72. The van der Waals surface area contributed by atoms with Crippen LogP contribution in [0.1, 0.15) is 36.3 Å². The Morgan fingerprint density at radius 2 is 1.88 bits per heavy atom. The highest BCUT2D eigenvalue weighted by atomic mass is 32.2. The number of carbonyl (C=O) groups excluding carboxylic acids is 1. The quantitative estimate of drug-likeness (QED) is 0.361. The van der Waals surface area contributed by atoms with Gasteiger partial charge >= 0.3 is 0 Å². The summed E-state index contributed by atoms with van der Waals surface area (Å²) >= 11 is 1.36. The Morgan fingerprint density at radius 3 is 2.59 bits per heavy atom. The normalized spacial score (nSPS) is 15.5. The Morgan fingerprint density at radius 1 is 1.09 bits per heavy atom. The molecule has 0 N–H and O–H groups in total. The minimum absolute atomic E-state index is 0.107. The molecule has 1 aliphatic heterocycles. The van der Waals surface area contributed by atoms with E-state index in [0.717, 1.165) is 28.4 Å². The van der Waals surface area contributed by atoms with Crippen LogP contribution in [-0.4, -0.2) is 42.1 Å². The average molecular weight is 473 g/mol. The van der Waals surface area contributed by atoms with Gasteiger partial charge in [0.2, 0.25) is 0 Å². The van der Waals surface area contributed by atoms with Crippen molar-refractivity contribution < 1.29 is 9.21 Å². The molecule has 1 atom stereocenters. The van der Waals surface area contributed by atoms with E-state index in [2.05, 4.69) is 27.3 Å². The molecule has 4 heterocycles. The molecular formula is C25H24N6O2S. The first-order valence-electron chi connectivity index (χ1n) is 11.1. The number of pyridine rings is 1. The van der Waals surface area contributed by atoms with Gasteiger partial charge in [0, 0.05) is 30.9 Å². The maximum atomic E-state index is 13.3. The van der Waals surface area contributed by atoms with Crippen LogP contribution in [0.4, 0.5) is 0 Å². The number of aryl methyl sites for hydroxylation is 1. The average Bonchev–Trinajstić information content (AvgIpc) is 3.63. The number of rotatable bonds is 7. The Labute approximate surface area is 201 Å². The lowest BCUT2D eigenvalue weighted by molar-refractivity contribution is -0.130. The number of hydrazone groups is 1. The van der Waals surface area contributed by atoms with Gasteiger partial charge in [-0.25, -0.2) is 5.01 Å². The molecule has 0 bridgehead atoms. The summed E-state index contributed by atoms with van der Waals surface area (Å²) in [5.74, 6) is 1.57. The van der Waals surface area contributed by atoms with Crippen LogP contribution in [0.25, 0.3) is 11.4 Å². The van der Waals surface area contributed by atoms with E-state index in [4.69, 9.17) is 9.52 Å². The van der Waals surface area contributed by atoms with Crippen molar-refractivity contribution in [1.82, 2.24) is 24.8 Å². The molecule has 5 rings (SSSR count). The van der Waals surface area contributed by atoms with Gasteiger partial charge in [0.1, 0.15) is 11.8 Å². The number of nitrogens with zero attached hydrogens (tertiary/aromatic N) is 6. The molecule has 1 aromatic carbocycles. The number of amides is 1. The second-order valence-electron chi connectivity index (χ2n) is 7.96. The van der Waals surface area contributed by atoms with Crippen LogP contribution in [-0.2, 0) is 11.3 Å². The van der Waals surface area contributed by atoms with E-state index in [1.54, 1.807) is 23.7 Å². The number of hydrogen-bond donors (Lipinski definition) is 0. The van der Waals surface area contributed by atoms with Gasteiger partial charge in [-0.2, -0.15) is 5.10 Å². The fourth-order valence-electron chi connectivity index (χ4n) is 3.95. The predicted octanol–water partition coefficient (Wildman–Crippen LogP) is 4.73. The zero-order valence-electron chi connectivity index (χ0n) is 19.0. The highest BCUT2D eigenvalue weighted by Gasteiger charge is 2.35.